The fourth-order valence-electron chi connectivity index (χ4n) is 1.70. The Hall–Kier alpha value is -0.910. The molecule has 0 aliphatic heterocycles. The molecule has 0 bridgehead atoms. The topological polar surface area (TPSA) is 55.4 Å². The number of ether oxygens (including phenoxy) is 1. The SMILES string of the molecule is CCNC(COCC)c1ccc(S(C)(=O)=O)cc1. The molecule has 0 radical (unpaired) electrons. The van der Waals surface area contributed by atoms with Gasteiger partial charge in [-0.2, -0.15) is 0 Å². The van der Waals surface area contributed by atoms with Crippen molar-refractivity contribution in [1.29, 1.82) is 0 Å². The van der Waals surface area contributed by atoms with Crippen LogP contribution in [0.25, 0.3) is 0 Å². The number of sulfone groups is 1. The summed E-state index contributed by atoms with van der Waals surface area (Å²) < 4.78 is 28.2. The van der Waals surface area contributed by atoms with E-state index in [1.807, 2.05) is 26.0 Å². The minimum Gasteiger partial charge on any atom is -0.380 e. The predicted molar refractivity (Wildman–Crippen MR) is 72.5 cm³/mol. The van der Waals surface area contributed by atoms with Gasteiger partial charge in [0, 0.05) is 12.9 Å². The van der Waals surface area contributed by atoms with Crippen molar-refractivity contribution in [3.63, 3.8) is 0 Å². The molecule has 1 rings (SSSR count). The first-order valence-corrected chi connectivity index (χ1v) is 7.99. The Morgan fingerprint density at radius 2 is 1.83 bits per heavy atom. The highest BCUT2D eigenvalue weighted by atomic mass is 32.2. The van der Waals surface area contributed by atoms with Crippen LogP contribution in [0.3, 0.4) is 0 Å². The number of hydrogen-bond donors (Lipinski definition) is 1. The molecule has 4 nitrogen and oxygen atoms in total. The van der Waals surface area contributed by atoms with E-state index in [2.05, 4.69) is 5.32 Å². The fourth-order valence-corrected chi connectivity index (χ4v) is 2.33. The number of rotatable bonds is 7. The summed E-state index contributed by atoms with van der Waals surface area (Å²) in [6, 6.07) is 7.05. The van der Waals surface area contributed by atoms with Gasteiger partial charge in [0.15, 0.2) is 9.84 Å². The Bertz CT molecular complexity index is 454. The van der Waals surface area contributed by atoms with Crippen LogP contribution in [0, 0.1) is 0 Å². The molecule has 0 spiro atoms. The molecular formula is C13H21NO3S. The van der Waals surface area contributed by atoms with E-state index in [9.17, 15) is 8.42 Å². The third-order valence-electron chi connectivity index (χ3n) is 2.65. The molecule has 0 fully saturated rings. The Balaban J connectivity index is 2.86. The smallest absolute Gasteiger partial charge is 0.175 e. The fraction of sp³-hybridized carbons (Fsp3) is 0.538. The first-order chi connectivity index (χ1) is 8.49. The van der Waals surface area contributed by atoms with E-state index in [4.69, 9.17) is 4.74 Å². The Labute approximate surface area is 109 Å². The van der Waals surface area contributed by atoms with Gasteiger partial charge in [-0.15, -0.1) is 0 Å². The summed E-state index contributed by atoms with van der Waals surface area (Å²) in [5.74, 6) is 0. The summed E-state index contributed by atoms with van der Waals surface area (Å²) in [4.78, 5) is 0.345. The Morgan fingerprint density at radius 3 is 2.28 bits per heavy atom. The van der Waals surface area contributed by atoms with Gasteiger partial charge >= 0.3 is 0 Å². The van der Waals surface area contributed by atoms with Gasteiger partial charge in [-0.1, -0.05) is 19.1 Å². The lowest BCUT2D eigenvalue weighted by molar-refractivity contribution is 0.123. The van der Waals surface area contributed by atoms with E-state index in [1.165, 1.54) is 6.26 Å². The lowest BCUT2D eigenvalue weighted by Crippen LogP contribution is -2.25. The molecule has 1 aromatic rings. The van der Waals surface area contributed by atoms with Gasteiger partial charge in [-0.25, -0.2) is 8.42 Å². The van der Waals surface area contributed by atoms with Crippen molar-refractivity contribution in [1.82, 2.24) is 5.32 Å². The zero-order valence-corrected chi connectivity index (χ0v) is 12.0. The van der Waals surface area contributed by atoms with Crippen molar-refractivity contribution in [2.75, 3.05) is 26.0 Å². The highest BCUT2D eigenvalue weighted by Crippen LogP contribution is 2.17. The van der Waals surface area contributed by atoms with Crippen LogP contribution in [0.4, 0.5) is 0 Å². The Kier molecular flexibility index (Phi) is 5.78. The lowest BCUT2D eigenvalue weighted by Gasteiger charge is -2.18. The third kappa shape index (κ3) is 4.40. The van der Waals surface area contributed by atoms with Crippen LogP contribution < -0.4 is 5.32 Å². The number of likely N-dealkylation sites (N-methyl/N-ethyl adjacent to an activating group) is 1. The quantitative estimate of drug-likeness (QED) is 0.821. The predicted octanol–water partition coefficient (Wildman–Crippen LogP) is 1.78. The first kappa shape index (κ1) is 15.1. The van der Waals surface area contributed by atoms with Crippen LogP contribution in [-0.4, -0.2) is 34.4 Å². The van der Waals surface area contributed by atoms with Crippen molar-refractivity contribution in [3.8, 4) is 0 Å². The first-order valence-electron chi connectivity index (χ1n) is 6.10. The molecule has 5 heteroatoms. The summed E-state index contributed by atoms with van der Waals surface area (Å²) in [5.41, 5.74) is 1.04. The molecule has 0 aliphatic carbocycles. The minimum absolute atomic E-state index is 0.101. The average Bonchev–Trinajstić information content (AvgIpc) is 2.33. The van der Waals surface area contributed by atoms with Gasteiger partial charge in [0.1, 0.15) is 0 Å². The van der Waals surface area contributed by atoms with E-state index in [1.54, 1.807) is 12.1 Å². The van der Waals surface area contributed by atoms with Crippen molar-refractivity contribution in [2.24, 2.45) is 0 Å². The molecular weight excluding hydrogens is 250 g/mol. The summed E-state index contributed by atoms with van der Waals surface area (Å²) in [5, 5.41) is 3.32. The lowest BCUT2D eigenvalue weighted by atomic mass is 10.1. The standard InChI is InChI=1S/C13H21NO3S/c1-4-14-13(10-17-5-2)11-6-8-12(9-7-11)18(3,15)16/h6-9,13-14H,4-5,10H2,1-3H3. The molecule has 0 heterocycles. The third-order valence-corrected chi connectivity index (χ3v) is 3.78. The normalized spacial score (nSPS) is 13.5. The molecule has 0 aromatic heterocycles. The zero-order chi connectivity index (χ0) is 13.6. The van der Waals surface area contributed by atoms with Crippen molar-refractivity contribution in [2.45, 2.75) is 24.8 Å². The van der Waals surface area contributed by atoms with Gasteiger partial charge in [0.05, 0.1) is 17.5 Å². The maximum absolute atomic E-state index is 11.4. The van der Waals surface area contributed by atoms with Crippen LogP contribution in [0.1, 0.15) is 25.5 Å². The highest BCUT2D eigenvalue weighted by molar-refractivity contribution is 7.90. The second-order valence-electron chi connectivity index (χ2n) is 4.11. The van der Waals surface area contributed by atoms with Gasteiger partial charge in [0.2, 0.25) is 0 Å². The van der Waals surface area contributed by atoms with E-state index in [0.717, 1.165) is 12.1 Å². The van der Waals surface area contributed by atoms with E-state index >= 15 is 0 Å². The second kappa shape index (κ2) is 6.87. The highest BCUT2D eigenvalue weighted by Gasteiger charge is 2.12. The summed E-state index contributed by atoms with van der Waals surface area (Å²) in [7, 11) is -3.13. The number of hydrogen-bond acceptors (Lipinski definition) is 4. The van der Waals surface area contributed by atoms with Crippen molar-refractivity contribution in [3.05, 3.63) is 29.8 Å². The van der Waals surface area contributed by atoms with Crippen LogP contribution >= 0.6 is 0 Å². The molecule has 0 saturated carbocycles. The van der Waals surface area contributed by atoms with Crippen LogP contribution in [-0.2, 0) is 14.6 Å². The molecule has 102 valence electrons. The summed E-state index contributed by atoms with van der Waals surface area (Å²) in [6.07, 6.45) is 1.21. The molecule has 1 N–H and O–H groups in total. The van der Waals surface area contributed by atoms with E-state index in [-0.39, 0.29) is 6.04 Å². The van der Waals surface area contributed by atoms with Crippen LogP contribution in [0.15, 0.2) is 29.2 Å². The maximum Gasteiger partial charge on any atom is 0.175 e. The average molecular weight is 271 g/mol. The van der Waals surface area contributed by atoms with Crippen LogP contribution in [0.2, 0.25) is 0 Å². The number of nitrogens with one attached hydrogen (secondary N) is 1. The van der Waals surface area contributed by atoms with Gasteiger partial charge in [-0.3, -0.25) is 0 Å². The molecule has 0 saturated heterocycles. The summed E-state index contributed by atoms with van der Waals surface area (Å²) in [6.45, 7) is 6.08. The second-order valence-corrected chi connectivity index (χ2v) is 6.13. The molecule has 0 amide bonds. The van der Waals surface area contributed by atoms with Gasteiger partial charge in [-0.05, 0) is 31.2 Å². The van der Waals surface area contributed by atoms with Gasteiger partial charge < -0.3 is 10.1 Å². The molecule has 0 aliphatic rings. The maximum atomic E-state index is 11.4. The molecule has 1 unspecified atom stereocenters. The van der Waals surface area contributed by atoms with E-state index in [0.29, 0.717) is 18.1 Å². The monoisotopic (exact) mass is 271 g/mol. The van der Waals surface area contributed by atoms with Gasteiger partial charge in [0.25, 0.3) is 0 Å². The Morgan fingerprint density at radius 1 is 1.22 bits per heavy atom. The molecule has 18 heavy (non-hydrogen) atoms. The van der Waals surface area contributed by atoms with Crippen molar-refractivity contribution < 1.29 is 13.2 Å². The molecule has 1 atom stereocenters. The molecule has 1 aromatic carbocycles. The minimum atomic E-state index is -3.13. The van der Waals surface area contributed by atoms with Crippen molar-refractivity contribution >= 4 is 9.84 Å². The zero-order valence-electron chi connectivity index (χ0n) is 11.1. The largest absolute Gasteiger partial charge is 0.380 e. The number of benzene rings is 1. The summed E-state index contributed by atoms with van der Waals surface area (Å²) >= 11 is 0. The van der Waals surface area contributed by atoms with E-state index < -0.39 is 9.84 Å². The van der Waals surface area contributed by atoms with Crippen LogP contribution in [0.5, 0.6) is 0 Å².